The molecule has 4 aliphatic carbocycles. The Morgan fingerprint density at radius 3 is 2.41 bits per heavy atom. The first-order valence-electron chi connectivity index (χ1n) is 12.6. The Bertz CT molecular complexity index is 617. The molecule has 3 heteroatoms. The van der Waals surface area contributed by atoms with Gasteiger partial charge in [0.05, 0.1) is 6.10 Å². The topological polar surface area (TPSA) is 57.5 Å². The van der Waals surface area contributed by atoms with Crippen LogP contribution in [0, 0.1) is 52.3 Å². The highest BCUT2D eigenvalue weighted by atomic mass is 16.4. The number of carboxylic acids is 1. The largest absolute Gasteiger partial charge is 0.481 e. The average molecular weight is 405 g/mol. The van der Waals surface area contributed by atoms with Crippen LogP contribution in [0.4, 0.5) is 0 Å². The fourth-order valence-corrected chi connectivity index (χ4v) is 9.57. The molecule has 0 aromatic heterocycles. The van der Waals surface area contributed by atoms with Crippen molar-refractivity contribution < 1.29 is 15.0 Å². The second-order valence-corrected chi connectivity index (χ2v) is 11.8. The lowest BCUT2D eigenvalue weighted by Gasteiger charge is -2.64. The molecule has 4 fully saturated rings. The molecule has 0 aromatic rings. The van der Waals surface area contributed by atoms with Crippen LogP contribution >= 0.6 is 0 Å². The number of carbonyl (C=O) groups is 1. The average Bonchev–Trinajstić information content (AvgIpc) is 3.04. The molecular weight excluding hydrogens is 360 g/mol. The lowest BCUT2D eigenvalue weighted by atomic mass is 9.41. The summed E-state index contributed by atoms with van der Waals surface area (Å²) in [6, 6.07) is 0. The van der Waals surface area contributed by atoms with Crippen molar-refractivity contribution in [2.24, 2.45) is 52.3 Å². The minimum absolute atomic E-state index is 0.126. The summed E-state index contributed by atoms with van der Waals surface area (Å²) in [6.45, 7) is 9.69. The molecule has 4 aliphatic rings. The number of hydrogen-bond acceptors (Lipinski definition) is 2. The molecule has 10 atom stereocenters. The maximum absolute atomic E-state index is 11.7. The van der Waals surface area contributed by atoms with Crippen LogP contribution in [0.25, 0.3) is 0 Å². The van der Waals surface area contributed by atoms with Gasteiger partial charge in [0.2, 0.25) is 0 Å². The van der Waals surface area contributed by atoms with Gasteiger partial charge in [-0.3, -0.25) is 4.79 Å². The van der Waals surface area contributed by atoms with Gasteiger partial charge in [0.1, 0.15) is 0 Å². The molecule has 4 rings (SSSR count). The van der Waals surface area contributed by atoms with Crippen LogP contribution in [0.5, 0.6) is 0 Å². The normalized spacial score (nSPS) is 50.3. The van der Waals surface area contributed by atoms with E-state index in [-0.39, 0.29) is 11.5 Å². The molecule has 29 heavy (non-hydrogen) atoms. The molecule has 7 unspecified atom stereocenters. The van der Waals surface area contributed by atoms with Crippen LogP contribution in [0.2, 0.25) is 0 Å². The van der Waals surface area contributed by atoms with Crippen molar-refractivity contribution >= 4 is 5.97 Å². The van der Waals surface area contributed by atoms with Crippen molar-refractivity contribution in [3.05, 3.63) is 0 Å². The lowest BCUT2D eigenvalue weighted by Crippen LogP contribution is -2.61. The van der Waals surface area contributed by atoms with E-state index in [1.165, 1.54) is 51.4 Å². The minimum atomic E-state index is -0.662. The van der Waals surface area contributed by atoms with Crippen molar-refractivity contribution in [2.75, 3.05) is 0 Å². The summed E-state index contributed by atoms with van der Waals surface area (Å²) in [5.41, 5.74) is 0.716. The predicted molar refractivity (Wildman–Crippen MR) is 116 cm³/mol. The highest BCUT2D eigenvalue weighted by Crippen LogP contribution is 2.69. The van der Waals surface area contributed by atoms with E-state index in [0.29, 0.717) is 53.3 Å². The first-order valence-corrected chi connectivity index (χ1v) is 12.6. The maximum Gasteiger partial charge on any atom is 0.303 e. The molecule has 166 valence electrons. The Kier molecular flexibility index (Phi) is 5.86. The third kappa shape index (κ3) is 3.29. The standard InChI is InChI=1S/C26H44O3/c1-5-17-19-8-6-7-14-25(19,3)21-13-15-26(4)18(16(2)9-12-22(27)28)10-11-20(26)23(21)24(17)29/h16-21,23-24,29H,5-15H2,1-4H3,(H,27,28)/t16-,17-,18?,19?,20?,21?,23?,24-,25?,26?/m1/s1. The number of aliphatic hydroxyl groups is 1. The number of carboxylic acid groups (broad SMARTS) is 1. The molecule has 0 amide bonds. The van der Waals surface area contributed by atoms with Crippen LogP contribution in [0.3, 0.4) is 0 Å². The number of rotatable bonds is 5. The molecule has 0 spiro atoms. The zero-order valence-electron chi connectivity index (χ0n) is 19.2. The number of aliphatic carboxylic acids is 1. The van der Waals surface area contributed by atoms with Gasteiger partial charge >= 0.3 is 5.97 Å². The van der Waals surface area contributed by atoms with Gasteiger partial charge in [-0.1, -0.05) is 47.0 Å². The van der Waals surface area contributed by atoms with E-state index in [4.69, 9.17) is 5.11 Å². The Balaban J connectivity index is 1.61. The van der Waals surface area contributed by atoms with Crippen molar-refractivity contribution in [3.63, 3.8) is 0 Å². The highest BCUT2D eigenvalue weighted by Gasteiger charge is 2.64. The summed E-state index contributed by atoms with van der Waals surface area (Å²) in [5, 5.41) is 20.9. The highest BCUT2D eigenvalue weighted by molar-refractivity contribution is 5.66. The van der Waals surface area contributed by atoms with Crippen LogP contribution in [-0.2, 0) is 4.79 Å². The SMILES string of the molecule is CC[C@@H]1C2CCCCC2(C)C2CCC3(C)C(CCC3[C@H](C)CCC(=O)O)C2[C@@H]1O. The monoisotopic (exact) mass is 404 g/mol. The first-order chi connectivity index (χ1) is 13.7. The summed E-state index contributed by atoms with van der Waals surface area (Å²) >= 11 is 0. The summed E-state index contributed by atoms with van der Waals surface area (Å²) in [4.78, 5) is 11.1. The molecule has 0 aliphatic heterocycles. The third-order valence-electron chi connectivity index (χ3n) is 10.9. The van der Waals surface area contributed by atoms with Crippen molar-refractivity contribution in [1.29, 1.82) is 0 Å². The fourth-order valence-electron chi connectivity index (χ4n) is 9.57. The van der Waals surface area contributed by atoms with Crippen LogP contribution in [-0.4, -0.2) is 22.3 Å². The Labute approximate surface area is 178 Å². The number of hydrogen-bond donors (Lipinski definition) is 2. The molecule has 3 nitrogen and oxygen atoms in total. The smallest absolute Gasteiger partial charge is 0.303 e. The summed E-state index contributed by atoms with van der Waals surface area (Å²) < 4.78 is 0. The van der Waals surface area contributed by atoms with Crippen molar-refractivity contribution in [2.45, 2.75) is 104 Å². The van der Waals surface area contributed by atoms with Gasteiger partial charge in [0.25, 0.3) is 0 Å². The molecule has 0 radical (unpaired) electrons. The van der Waals surface area contributed by atoms with Gasteiger partial charge in [-0.15, -0.1) is 0 Å². The van der Waals surface area contributed by atoms with Gasteiger partial charge < -0.3 is 10.2 Å². The number of fused-ring (bicyclic) bond motifs is 5. The van der Waals surface area contributed by atoms with Gasteiger partial charge in [-0.05, 0) is 97.2 Å². The summed E-state index contributed by atoms with van der Waals surface area (Å²) in [6.07, 6.45) is 12.5. The second-order valence-electron chi connectivity index (χ2n) is 11.8. The van der Waals surface area contributed by atoms with E-state index in [0.717, 1.165) is 12.8 Å². The molecule has 0 heterocycles. The van der Waals surface area contributed by atoms with Gasteiger partial charge in [-0.25, -0.2) is 0 Å². The van der Waals surface area contributed by atoms with E-state index in [9.17, 15) is 9.90 Å². The summed E-state index contributed by atoms with van der Waals surface area (Å²) in [7, 11) is 0. The third-order valence-corrected chi connectivity index (χ3v) is 10.9. The first kappa shape index (κ1) is 21.7. The van der Waals surface area contributed by atoms with Crippen molar-refractivity contribution in [3.8, 4) is 0 Å². The second kappa shape index (κ2) is 7.84. The predicted octanol–water partition coefficient (Wildman–Crippen LogP) is 6.14. The lowest BCUT2D eigenvalue weighted by molar-refractivity contribution is -0.194. The van der Waals surface area contributed by atoms with E-state index < -0.39 is 5.97 Å². The zero-order valence-corrected chi connectivity index (χ0v) is 19.2. The Morgan fingerprint density at radius 2 is 1.72 bits per heavy atom. The van der Waals surface area contributed by atoms with Gasteiger partial charge in [-0.2, -0.15) is 0 Å². The molecular formula is C26H44O3. The van der Waals surface area contributed by atoms with Crippen molar-refractivity contribution in [1.82, 2.24) is 0 Å². The molecule has 0 bridgehead atoms. The van der Waals surface area contributed by atoms with E-state index >= 15 is 0 Å². The molecule has 0 aromatic carbocycles. The Hall–Kier alpha value is -0.570. The van der Waals surface area contributed by atoms with E-state index in [2.05, 4.69) is 27.7 Å². The zero-order chi connectivity index (χ0) is 21.0. The van der Waals surface area contributed by atoms with Gasteiger partial charge in [0.15, 0.2) is 0 Å². The van der Waals surface area contributed by atoms with E-state index in [1.807, 2.05) is 0 Å². The van der Waals surface area contributed by atoms with Crippen LogP contribution in [0.15, 0.2) is 0 Å². The summed E-state index contributed by atoms with van der Waals surface area (Å²) in [5.74, 6) is 3.41. The maximum atomic E-state index is 11.7. The minimum Gasteiger partial charge on any atom is -0.481 e. The van der Waals surface area contributed by atoms with Crippen LogP contribution < -0.4 is 0 Å². The molecule has 4 saturated carbocycles. The molecule has 2 N–H and O–H groups in total. The van der Waals surface area contributed by atoms with Gasteiger partial charge in [0, 0.05) is 6.42 Å². The fraction of sp³-hybridized carbons (Fsp3) is 0.962. The van der Waals surface area contributed by atoms with E-state index in [1.54, 1.807) is 0 Å². The Morgan fingerprint density at radius 1 is 1.00 bits per heavy atom. The molecule has 0 saturated heterocycles. The number of aliphatic hydroxyl groups excluding tert-OH is 1. The van der Waals surface area contributed by atoms with Crippen LogP contribution in [0.1, 0.15) is 98.3 Å². The quantitative estimate of drug-likeness (QED) is 0.578.